The van der Waals surface area contributed by atoms with E-state index < -0.39 is 0 Å². The summed E-state index contributed by atoms with van der Waals surface area (Å²) in [6.45, 7) is 0. The molecule has 0 aliphatic carbocycles. The van der Waals surface area contributed by atoms with Crippen LogP contribution in [0, 0.1) is 0 Å². The molecule has 5 heteroatoms. The predicted molar refractivity (Wildman–Crippen MR) is 119 cm³/mol. The second-order valence-corrected chi connectivity index (χ2v) is 8.26. The second kappa shape index (κ2) is 7.33. The normalized spacial score (nSPS) is 16.2. The number of phenolic OH excluding ortho intramolecular Hbond substituents is 1. The average molecular weight is 401 g/mol. The predicted octanol–water partition coefficient (Wildman–Crippen LogP) is 6.24. The van der Waals surface area contributed by atoms with Gasteiger partial charge in [0.2, 0.25) is 0 Å². The largest absolute Gasteiger partial charge is 0.504 e. The lowest BCUT2D eigenvalue weighted by Crippen LogP contribution is -2.05. The molecule has 1 unspecified atom stereocenters. The van der Waals surface area contributed by atoms with Crippen molar-refractivity contribution in [3.63, 3.8) is 0 Å². The highest BCUT2D eigenvalue weighted by Crippen LogP contribution is 2.47. The lowest BCUT2D eigenvalue weighted by atomic mass is 10.0. The number of thioether (sulfide) groups is 1. The van der Waals surface area contributed by atoms with Crippen LogP contribution >= 0.6 is 11.8 Å². The molecule has 5 rings (SSSR count). The Morgan fingerprint density at radius 1 is 1.07 bits per heavy atom. The molecule has 0 bridgehead atoms. The van der Waals surface area contributed by atoms with Gasteiger partial charge in [-0.05, 0) is 35.9 Å². The van der Waals surface area contributed by atoms with Crippen molar-refractivity contribution in [3.05, 3.63) is 84.1 Å². The molecule has 1 aromatic heterocycles. The van der Waals surface area contributed by atoms with Gasteiger partial charge in [-0.25, -0.2) is 0 Å². The zero-order valence-electron chi connectivity index (χ0n) is 15.9. The maximum absolute atomic E-state index is 10.0. The molecule has 1 atom stereocenters. The number of aromatic hydroxyl groups is 1. The maximum Gasteiger partial charge on any atom is 0.160 e. The van der Waals surface area contributed by atoms with E-state index in [1.807, 2.05) is 30.3 Å². The number of H-pyrrole nitrogens is 1. The van der Waals surface area contributed by atoms with Crippen molar-refractivity contribution in [1.82, 2.24) is 4.98 Å². The molecule has 1 aliphatic rings. The van der Waals surface area contributed by atoms with E-state index in [1.54, 1.807) is 24.9 Å². The molecule has 144 valence electrons. The fourth-order valence-corrected chi connectivity index (χ4v) is 4.99. The number of methoxy groups -OCH3 is 1. The van der Waals surface area contributed by atoms with Gasteiger partial charge >= 0.3 is 0 Å². The number of aromatic nitrogens is 1. The van der Waals surface area contributed by atoms with Crippen LogP contribution in [-0.4, -0.2) is 22.9 Å². The molecule has 4 aromatic rings. The van der Waals surface area contributed by atoms with Crippen molar-refractivity contribution in [2.24, 2.45) is 4.99 Å². The van der Waals surface area contributed by atoms with Crippen LogP contribution in [0.1, 0.15) is 22.8 Å². The molecule has 0 saturated heterocycles. The molecular formula is C24H20N2O2S. The topological polar surface area (TPSA) is 57.6 Å². The minimum absolute atomic E-state index is 0.153. The van der Waals surface area contributed by atoms with Crippen LogP contribution < -0.4 is 4.74 Å². The molecule has 0 fully saturated rings. The molecule has 29 heavy (non-hydrogen) atoms. The molecule has 2 heterocycles. The number of aromatic amines is 1. The third kappa shape index (κ3) is 3.28. The fraction of sp³-hybridized carbons (Fsp3) is 0.125. The summed E-state index contributed by atoms with van der Waals surface area (Å²) >= 11 is 1.80. The number of para-hydroxylation sites is 2. The second-order valence-electron chi connectivity index (χ2n) is 7.02. The van der Waals surface area contributed by atoms with E-state index in [0.717, 1.165) is 39.4 Å². The first kappa shape index (κ1) is 17.9. The third-order valence-corrected chi connectivity index (χ3v) is 6.57. The van der Waals surface area contributed by atoms with Gasteiger partial charge in [-0.3, -0.25) is 4.99 Å². The maximum atomic E-state index is 10.0. The van der Waals surface area contributed by atoms with Gasteiger partial charge in [0, 0.05) is 39.2 Å². The van der Waals surface area contributed by atoms with E-state index in [-0.39, 0.29) is 11.0 Å². The Labute approximate surface area is 173 Å². The van der Waals surface area contributed by atoms with E-state index in [0.29, 0.717) is 5.75 Å². The molecule has 3 aromatic carbocycles. The lowest BCUT2D eigenvalue weighted by molar-refractivity contribution is 0.373. The third-order valence-electron chi connectivity index (χ3n) is 5.24. The SMILES string of the molecule is COc1cc(C2CC(c3c[nH]c4ccccc34)=Nc3ccccc3S2)ccc1O. The standard InChI is InChI=1S/C24H20N2O2S/c1-28-22-12-15(10-11-21(22)27)24-13-20(26-19-8-4-5-9-23(19)29-24)17-14-25-18-7-3-2-6-16(17)18/h2-12,14,24-25,27H,13H2,1H3. The Morgan fingerprint density at radius 2 is 1.90 bits per heavy atom. The van der Waals surface area contributed by atoms with Gasteiger partial charge in [0.25, 0.3) is 0 Å². The van der Waals surface area contributed by atoms with Gasteiger partial charge in [-0.15, -0.1) is 11.8 Å². The quantitative estimate of drug-likeness (QED) is 0.428. The van der Waals surface area contributed by atoms with Crippen LogP contribution in [0.5, 0.6) is 11.5 Å². The number of nitrogens with zero attached hydrogens (tertiary/aromatic N) is 1. The monoisotopic (exact) mass is 400 g/mol. The Bertz CT molecular complexity index is 1230. The minimum atomic E-state index is 0.153. The minimum Gasteiger partial charge on any atom is -0.504 e. The Morgan fingerprint density at radius 3 is 2.79 bits per heavy atom. The van der Waals surface area contributed by atoms with Crippen LogP contribution in [0.4, 0.5) is 5.69 Å². The van der Waals surface area contributed by atoms with Gasteiger partial charge in [0.1, 0.15) is 0 Å². The van der Waals surface area contributed by atoms with Crippen molar-refractivity contribution in [2.75, 3.05) is 7.11 Å². The van der Waals surface area contributed by atoms with E-state index >= 15 is 0 Å². The van der Waals surface area contributed by atoms with Crippen LogP contribution in [0.15, 0.2) is 82.8 Å². The molecule has 4 nitrogen and oxygen atoms in total. The number of fused-ring (bicyclic) bond motifs is 2. The average Bonchev–Trinajstić information content (AvgIpc) is 3.08. The fourth-order valence-electron chi connectivity index (χ4n) is 3.77. The summed E-state index contributed by atoms with van der Waals surface area (Å²) in [6, 6.07) is 22.2. The number of benzene rings is 3. The molecule has 0 radical (unpaired) electrons. The molecule has 2 N–H and O–H groups in total. The van der Waals surface area contributed by atoms with Gasteiger partial charge in [0.15, 0.2) is 11.5 Å². The van der Waals surface area contributed by atoms with Crippen molar-refractivity contribution in [2.45, 2.75) is 16.6 Å². The number of ether oxygens (including phenoxy) is 1. The zero-order valence-corrected chi connectivity index (χ0v) is 16.7. The van der Waals surface area contributed by atoms with E-state index in [4.69, 9.17) is 9.73 Å². The highest BCUT2D eigenvalue weighted by atomic mass is 32.2. The highest BCUT2D eigenvalue weighted by molar-refractivity contribution is 7.99. The zero-order chi connectivity index (χ0) is 19.8. The van der Waals surface area contributed by atoms with Gasteiger partial charge in [-0.2, -0.15) is 0 Å². The van der Waals surface area contributed by atoms with Crippen molar-refractivity contribution in [1.29, 1.82) is 0 Å². The summed E-state index contributed by atoms with van der Waals surface area (Å²) in [5, 5.41) is 11.3. The van der Waals surface area contributed by atoms with E-state index in [9.17, 15) is 5.11 Å². The summed E-state index contributed by atoms with van der Waals surface area (Å²) in [6.07, 6.45) is 2.83. The van der Waals surface area contributed by atoms with Crippen LogP contribution in [-0.2, 0) is 0 Å². The first-order chi connectivity index (χ1) is 14.2. The first-order valence-electron chi connectivity index (χ1n) is 9.49. The summed E-state index contributed by atoms with van der Waals surface area (Å²) in [4.78, 5) is 9.58. The molecular weight excluding hydrogens is 380 g/mol. The molecule has 1 aliphatic heterocycles. The number of phenols is 1. The Balaban J connectivity index is 1.64. The molecule has 0 amide bonds. The highest BCUT2D eigenvalue weighted by Gasteiger charge is 2.24. The lowest BCUT2D eigenvalue weighted by Gasteiger charge is -2.17. The van der Waals surface area contributed by atoms with Crippen LogP contribution in [0.2, 0.25) is 0 Å². The van der Waals surface area contributed by atoms with E-state index in [1.165, 1.54) is 5.39 Å². The number of rotatable bonds is 3. The van der Waals surface area contributed by atoms with Crippen molar-refractivity contribution >= 4 is 34.1 Å². The van der Waals surface area contributed by atoms with Crippen molar-refractivity contribution in [3.8, 4) is 11.5 Å². The number of hydrogen-bond donors (Lipinski definition) is 2. The smallest absolute Gasteiger partial charge is 0.160 e. The summed E-state index contributed by atoms with van der Waals surface area (Å²) in [5.41, 5.74) is 5.39. The van der Waals surface area contributed by atoms with Crippen LogP contribution in [0.3, 0.4) is 0 Å². The number of nitrogens with one attached hydrogen (secondary N) is 1. The van der Waals surface area contributed by atoms with Gasteiger partial charge < -0.3 is 14.8 Å². The van der Waals surface area contributed by atoms with Gasteiger partial charge in [0.05, 0.1) is 18.5 Å². The van der Waals surface area contributed by atoms with E-state index in [2.05, 4.69) is 41.5 Å². The summed E-state index contributed by atoms with van der Waals surface area (Å²) in [5.74, 6) is 0.645. The van der Waals surface area contributed by atoms with Crippen LogP contribution in [0.25, 0.3) is 10.9 Å². The number of hydrogen-bond acceptors (Lipinski definition) is 4. The number of aliphatic imine (C=N–C) groups is 1. The first-order valence-corrected chi connectivity index (χ1v) is 10.4. The van der Waals surface area contributed by atoms with Gasteiger partial charge in [-0.1, -0.05) is 36.4 Å². The van der Waals surface area contributed by atoms with Crippen molar-refractivity contribution < 1.29 is 9.84 Å². The molecule has 0 spiro atoms. The Hall–Kier alpha value is -3.18. The Kier molecular flexibility index (Phi) is 4.52. The molecule has 0 saturated carbocycles. The summed E-state index contributed by atoms with van der Waals surface area (Å²) in [7, 11) is 1.58. The summed E-state index contributed by atoms with van der Waals surface area (Å²) < 4.78 is 5.34.